The summed E-state index contributed by atoms with van der Waals surface area (Å²) in [4.78, 5) is 11.7. The maximum atomic E-state index is 10.9. The van der Waals surface area contributed by atoms with Gasteiger partial charge in [-0.05, 0) is 23.7 Å². The van der Waals surface area contributed by atoms with Gasteiger partial charge in [0.15, 0.2) is 0 Å². The number of nitrogens with one attached hydrogen (secondary N) is 1. The molecule has 0 unspecified atom stereocenters. The summed E-state index contributed by atoms with van der Waals surface area (Å²) in [7, 11) is 0. The highest BCUT2D eigenvalue weighted by molar-refractivity contribution is 7.95. The molecule has 1 N–H and O–H groups in total. The molecule has 1 aromatic rings. The van der Waals surface area contributed by atoms with Crippen LogP contribution in [0.4, 0.5) is 5.69 Å². The van der Waals surface area contributed by atoms with Crippen LogP contribution in [0.25, 0.3) is 0 Å². The number of carbonyl (C=O) groups excluding carboxylic acids is 1. The van der Waals surface area contributed by atoms with Crippen LogP contribution in [-0.4, -0.2) is 5.24 Å². The van der Waals surface area contributed by atoms with Crippen molar-refractivity contribution in [2.45, 2.75) is 4.90 Å². The molecule has 1 aliphatic rings. The van der Waals surface area contributed by atoms with Crippen LogP contribution in [0.15, 0.2) is 23.1 Å². The smallest absolute Gasteiger partial charge is 0.254 e. The summed E-state index contributed by atoms with van der Waals surface area (Å²) >= 11 is 6.52. The average Bonchev–Trinajstić information content (AvgIpc) is 2.49. The standard InChI is InChI=1S/C7H4ClNO2S/c8-7(10)4-2-1-3-5-6(4)9-11-12-5/h1-3,9H. The molecule has 0 aromatic heterocycles. The lowest BCUT2D eigenvalue weighted by Gasteiger charge is -1.99. The van der Waals surface area contributed by atoms with E-state index in [-0.39, 0.29) is 0 Å². The highest BCUT2D eigenvalue weighted by Gasteiger charge is 2.18. The van der Waals surface area contributed by atoms with Crippen LogP contribution in [0.5, 0.6) is 0 Å². The van der Waals surface area contributed by atoms with Crippen molar-refractivity contribution in [2.75, 3.05) is 5.48 Å². The Morgan fingerprint density at radius 3 is 3.17 bits per heavy atom. The van der Waals surface area contributed by atoms with Gasteiger partial charge < -0.3 is 0 Å². The number of fused-ring (bicyclic) bond motifs is 1. The predicted molar refractivity (Wildman–Crippen MR) is 47.2 cm³/mol. The molecule has 0 amide bonds. The number of anilines is 1. The quantitative estimate of drug-likeness (QED) is 0.560. The van der Waals surface area contributed by atoms with Crippen molar-refractivity contribution in [3.8, 4) is 0 Å². The van der Waals surface area contributed by atoms with Crippen molar-refractivity contribution in [1.82, 2.24) is 0 Å². The number of halogens is 1. The zero-order valence-electron chi connectivity index (χ0n) is 5.83. The van der Waals surface area contributed by atoms with Gasteiger partial charge in [0.2, 0.25) is 0 Å². The fraction of sp³-hybridized carbons (Fsp3) is 0. The molecule has 12 heavy (non-hydrogen) atoms. The van der Waals surface area contributed by atoms with Gasteiger partial charge in [-0.25, -0.2) is 0 Å². The number of hydrogen-bond acceptors (Lipinski definition) is 4. The minimum absolute atomic E-state index is 0.444. The maximum absolute atomic E-state index is 10.9. The molecule has 3 nitrogen and oxygen atoms in total. The Kier molecular flexibility index (Phi) is 1.96. The van der Waals surface area contributed by atoms with Crippen molar-refractivity contribution in [2.24, 2.45) is 0 Å². The minimum atomic E-state index is -0.481. The molecular weight excluding hydrogens is 198 g/mol. The largest absolute Gasteiger partial charge is 0.276 e. The van der Waals surface area contributed by atoms with Gasteiger partial charge in [0.05, 0.1) is 28.2 Å². The third-order valence-corrected chi connectivity index (χ3v) is 2.40. The molecule has 0 bridgehead atoms. The van der Waals surface area contributed by atoms with Gasteiger partial charge in [-0.2, -0.15) is 4.28 Å². The summed E-state index contributed by atoms with van der Waals surface area (Å²) in [5, 5.41) is -0.481. The van der Waals surface area contributed by atoms with E-state index in [1.165, 1.54) is 12.0 Å². The molecule has 0 saturated carbocycles. The molecule has 0 atom stereocenters. The zero-order valence-corrected chi connectivity index (χ0v) is 7.41. The van der Waals surface area contributed by atoms with Gasteiger partial charge in [-0.1, -0.05) is 6.07 Å². The lowest BCUT2D eigenvalue weighted by molar-refractivity contribution is 0.108. The van der Waals surface area contributed by atoms with Gasteiger partial charge in [0.25, 0.3) is 5.24 Å². The molecule has 5 heteroatoms. The molecule has 0 saturated heterocycles. The number of para-hydroxylation sites is 1. The molecule has 2 rings (SSSR count). The first-order valence-corrected chi connectivity index (χ1v) is 4.33. The monoisotopic (exact) mass is 201 g/mol. The van der Waals surface area contributed by atoms with Crippen LogP contribution in [-0.2, 0) is 4.28 Å². The summed E-state index contributed by atoms with van der Waals surface area (Å²) < 4.78 is 4.86. The normalized spacial score (nSPS) is 13.8. The molecule has 1 heterocycles. The van der Waals surface area contributed by atoms with Gasteiger partial charge >= 0.3 is 0 Å². The lowest BCUT2D eigenvalue weighted by Crippen LogP contribution is -1.96. The van der Waals surface area contributed by atoms with Crippen molar-refractivity contribution < 1.29 is 9.08 Å². The van der Waals surface area contributed by atoms with Gasteiger partial charge in [0, 0.05) is 0 Å². The first kappa shape index (κ1) is 7.91. The molecule has 0 spiro atoms. The predicted octanol–water partition coefficient (Wildman–Crippen LogP) is 2.43. The number of benzene rings is 1. The molecular formula is C7H4ClNO2S. The third kappa shape index (κ3) is 1.18. The Balaban J connectivity index is 2.56. The van der Waals surface area contributed by atoms with E-state index in [9.17, 15) is 4.79 Å². The Hall–Kier alpha value is -0.710. The molecule has 0 aliphatic carbocycles. The average molecular weight is 202 g/mol. The van der Waals surface area contributed by atoms with Gasteiger partial charge in [0.1, 0.15) is 0 Å². The van der Waals surface area contributed by atoms with Gasteiger partial charge in [-0.3, -0.25) is 10.3 Å². The highest BCUT2D eigenvalue weighted by Crippen LogP contribution is 2.37. The first-order chi connectivity index (χ1) is 5.79. The van der Waals surface area contributed by atoms with Crippen molar-refractivity contribution in [3.63, 3.8) is 0 Å². The lowest BCUT2D eigenvalue weighted by atomic mass is 10.2. The second kappa shape index (κ2) is 2.97. The van der Waals surface area contributed by atoms with Gasteiger partial charge in [-0.15, -0.1) is 0 Å². The second-order valence-corrected chi connectivity index (χ2v) is 3.34. The molecule has 0 fully saturated rings. The van der Waals surface area contributed by atoms with E-state index in [1.54, 1.807) is 12.1 Å². The zero-order chi connectivity index (χ0) is 8.55. The fourth-order valence-electron chi connectivity index (χ4n) is 0.977. The van der Waals surface area contributed by atoms with E-state index in [0.717, 1.165) is 4.90 Å². The van der Waals surface area contributed by atoms with Crippen LogP contribution in [0.3, 0.4) is 0 Å². The summed E-state index contributed by atoms with van der Waals surface area (Å²) in [6, 6.07) is 5.26. The van der Waals surface area contributed by atoms with E-state index in [1.807, 2.05) is 6.07 Å². The van der Waals surface area contributed by atoms with E-state index in [4.69, 9.17) is 15.9 Å². The second-order valence-electron chi connectivity index (χ2n) is 2.22. The van der Waals surface area contributed by atoms with E-state index in [2.05, 4.69) is 5.48 Å². The van der Waals surface area contributed by atoms with Crippen molar-refractivity contribution in [3.05, 3.63) is 23.8 Å². The Morgan fingerprint density at radius 1 is 1.58 bits per heavy atom. The topological polar surface area (TPSA) is 38.3 Å². The minimum Gasteiger partial charge on any atom is -0.276 e. The highest BCUT2D eigenvalue weighted by atomic mass is 35.5. The third-order valence-electron chi connectivity index (χ3n) is 1.51. The maximum Gasteiger partial charge on any atom is 0.254 e. The van der Waals surface area contributed by atoms with Crippen LogP contribution in [0.1, 0.15) is 10.4 Å². The van der Waals surface area contributed by atoms with Crippen molar-refractivity contribution in [1.29, 1.82) is 0 Å². The van der Waals surface area contributed by atoms with E-state index in [0.29, 0.717) is 11.3 Å². The van der Waals surface area contributed by atoms with Crippen LogP contribution < -0.4 is 5.48 Å². The summed E-state index contributed by atoms with van der Waals surface area (Å²) in [5.41, 5.74) is 3.71. The van der Waals surface area contributed by atoms with E-state index >= 15 is 0 Å². The summed E-state index contributed by atoms with van der Waals surface area (Å²) in [6.45, 7) is 0. The van der Waals surface area contributed by atoms with E-state index < -0.39 is 5.24 Å². The molecule has 1 aromatic carbocycles. The molecule has 62 valence electrons. The summed E-state index contributed by atoms with van der Waals surface area (Å²) in [6.07, 6.45) is 0. The molecule has 1 aliphatic heterocycles. The molecule has 0 radical (unpaired) electrons. The first-order valence-electron chi connectivity index (χ1n) is 3.21. The number of hydrogen-bond donors (Lipinski definition) is 1. The number of rotatable bonds is 1. The SMILES string of the molecule is O=C(Cl)c1cccc2c1NOS2. The van der Waals surface area contributed by atoms with Crippen LogP contribution >= 0.6 is 23.6 Å². The van der Waals surface area contributed by atoms with Crippen LogP contribution in [0.2, 0.25) is 0 Å². The summed E-state index contributed by atoms with van der Waals surface area (Å²) in [5.74, 6) is 0. The number of carbonyl (C=O) groups is 1. The Morgan fingerprint density at radius 2 is 2.42 bits per heavy atom. The van der Waals surface area contributed by atoms with Crippen LogP contribution in [0, 0.1) is 0 Å². The van der Waals surface area contributed by atoms with Crippen molar-refractivity contribution >= 4 is 34.6 Å². The Labute approximate surface area is 78.2 Å². The Bertz CT molecular complexity index is 342. The fourth-order valence-corrected chi connectivity index (χ4v) is 1.72.